The molecule has 0 unspecified atom stereocenters. The third kappa shape index (κ3) is 4.01. The summed E-state index contributed by atoms with van der Waals surface area (Å²) in [6.07, 6.45) is 1.28. The Hall–Kier alpha value is -0.170. The number of nitrogens with two attached hydrogens (primary N) is 1. The van der Waals surface area contributed by atoms with Crippen molar-refractivity contribution in [1.82, 2.24) is 10.2 Å². The minimum absolute atomic E-state index is 0.165. The normalized spacial score (nSPS) is 23.5. The number of rotatable bonds is 5. The van der Waals surface area contributed by atoms with Crippen LogP contribution in [0.1, 0.15) is 12.8 Å². The Kier molecular flexibility index (Phi) is 4.73. The van der Waals surface area contributed by atoms with Crippen molar-refractivity contribution in [3.63, 3.8) is 0 Å². The van der Waals surface area contributed by atoms with Crippen LogP contribution >= 0.6 is 0 Å². The molecule has 96 valence electrons. The summed E-state index contributed by atoms with van der Waals surface area (Å²) in [5.41, 5.74) is 5.61. The van der Waals surface area contributed by atoms with Crippen molar-refractivity contribution >= 4 is 9.84 Å². The monoisotopic (exact) mass is 249 g/mol. The molecule has 1 fully saturated rings. The zero-order valence-corrected chi connectivity index (χ0v) is 11.0. The first-order chi connectivity index (χ1) is 7.39. The van der Waals surface area contributed by atoms with Crippen LogP contribution in [0.25, 0.3) is 0 Å². The number of sulfone groups is 1. The zero-order valence-electron chi connectivity index (χ0n) is 10.2. The van der Waals surface area contributed by atoms with Gasteiger partial charge in [-0.15, -0.1) is 0 Å². The van der Waals surface area contributed by atoms with Gasteiger partial charge in [-0.1, -0.05) is 0 Å². The van der Waals surface area contributed by atoms with Crippen LogP contribution in [0.2, 0.25) is 0 Å². The molecule has 0 aliphatic carbocycles. The summed E-state index contributed by atoms with van der Waals surface area (Å²) in [6, 6.07) is 0. The van der Waals surface area contributed by atoms with Gasteiger partial charge in [0.1, 0.15) is 9.84 Å². The van der Waals surface area contributed by atoms with Crippen molar-refractivity contribution in [3.8, 4) is 0 Å². The fraction of sp³-hybridized carbons (Fsp3) is 1.00. The Balaban J connectivity index is 2.46. The minimum Gasteiger partial charge on any atom is -0.329 e. The number of hydrogen-bond acceptors (Lipinski definition) is 5. The lowest BCUT2D eigenvalue weighted by Crippen LogP contribution is -2.56. The van der Waals surface area contributed by atoms with Crippen molar-refractivity contribution in [2.45, 2.75) is 18.4 Å². The Morgan fingerprint density at radius 1 is 1.31 bits per heavy atom. The Morgan fingerprint density at radius 2 is 1.88 bits per heavy atom. The minimum atomic E-state index is -2.81. The molecule has 3 N–H and O–H groups in total. The third-order valence-electron chi connectivity index (χ3n) is 3.23. The molecule has 0 spiro atoms. The number of nitrogens with one attached hydrogen (secondary N) is 1. The summed E-state index contributed by atoms with van der Waals surface area (Å²) < 4.78 is 22.7. The van der Waals surface area contributed by atoms with Gasteiger partial charge in [0.2, 0.25) is 0 Å². The van der Waals surface area contributed by atoms with E-state index in [1.165, 1.54) is 0 Å². The highest BCUT2D eigenvalue weighted by Crippen LogP contribution is 2.22. The molecule has 1 heterocycles. The fourth-order valence-corrected chi connectivity index (χ4v) is 3.53. The van der Waals surface area contributed by atoms with Crippen LogP contribution in [0.3, 0.4) is 0 Å². The van der Waals surface area contributed by atoms with Crippen molar-refractivity contribution in [2.75, 3.05) is 45.2 Å². The molecule has 1 aliphatic heterocycles. The summed E-state index contributed by atoms with van der Waals surface area (Å²) in [5, 5.41) is 3.42. The first kappa shape index (κ1) is 13.9. The number of hydrogen-bond donors (Lipinski definition) is 2. The highest BCUT2D eigenvalue weighted by molar-refractivity contribution is 7.91. The van der Waals surface area contributed by atoms with Crippen LogP contribution in [0, 0.1) is 0 Å². The molecule has 5 nitrogen and oxygen atoms in total. The van der Waals surface area contributed by atoms with E-state index in [4.69, 9.17) is 5.73 Å². The van der Waals surface area contributed by atoms with Crippen LogP contribution in [-0.2, 0) is 9.84 Å². The molecular formula is C10H23N3O2S. The first-order valence-corrected chi connectivity index (χ1v) is 7.52. The molecule has 0 bridgehead atoms. The van der Waals surface area contributed by atoms with Crippen molar-refractivity contribution in [2.24, 2.45) is 5.73 Å². The van der Waals surface area contributed by atoms with Gasteiger partial charge >= 0.3 is 0 Å². The maximum atomic E-state index is 11.4. The second kappa shape index (κ2) is 5.44. The second-order valence-corrected chi connectivity index (χ2v) is 7.17. The molecule has 0 aromatic rings. The molecule has 0 radical (unpaired) electrons. The number of likely N-dealkylation sites (N-methyl/N-ethyl adjacent to an activating group) is 1. The maximum absolute atomic E-state index is 11.4. The molecule has 0 aromatic heterocycles. The molecule has 0 atom stereocenters. The summed E-state index contributed by atoms with van der Waals surface area (Å²) in [4.78, 5) is 2.09. The molecule has 16 heavy (non-hydrogen) atoms. The van der Waals surface area contributed by atoms with E-state index in [-0.39, 0.29) is 17.0 Å². The highest BCUT2D eigenvalue weighted by atomic mass is 32.2. The summed E-state index contributed by atoms with van der Waals surface area (Å²) in [7, 11) is 1.22. The SMILES string of the molecule is CN(C)CCNC1(CN)CCS(=O)(=O)CC1. The van der Waals surface area contributed by atoms with Crippen LogP contribution in [0.4, 0.5) is 0 Å². The van der Waals surface area contributed by atoms with Gasteiger partial charge in [0.25, 0.3) is 0 Å². The standard InChI is InChI=1S/C10H23N3O2S/c1-13(2)6-5-12-10(9-11)3-7-16(14,15)8-4-10/h12H,3-9,11H2,1-2H3. The Labute approximate surface area is 98.3 Å². The molecule has 0 aromatic carbocycles. The van der Waals surface area contributed by atoms with E-state index in [1.807, 2.05) is 14.1 Å². The van der Waals surface area contributed by atoms with E-state index in [2.05, 4.69) is 10.2 Å². The van der Waals surface area contributed by atoms with Crippen LogP contribution in [0.15, 0.2) is 0 Å². The molecule has 1 saturated heterocycles. The van der Waals surface area contributed by atoms with Gasteiger partial charge in [0, 0.05) is 25.2 Å². The van der Waals surface area contributed by atoms with E-state index >= 15 is 0 Å². The third-order valence-corrected chi connectivity index (χ3v) is 4.89. The molecule has 6 heteroatoms. The highest BCUT2D eigenvalue weighted by Gasteiger charge is 2.35. The van der Waals surface area contributed by atoms with Crippen LogP contribution in [0.5, 0.6) is 0 Å². The van der Waals surface area contributed by atoms with Gasteiger partial charge in [0.05, 0.1) is 11.5 Å². The lowest BCUT2D eigenvalue weighted by Gasteiger charge is -2.37. The predicted molar refractivity (Wildman–Crippen MR) is 66.2 cm³/mol. The van der Waals surface area contributed by atoms with Gasteiger partial charge in [-0.25, -0.2) is 8.42 Å². The van der Waals surface area contributed by atoms with Crippen molar-refractivity contribution < 1.29 is 8.42 Å². The van der Waals surface area contributed by atoms with Crippen LogP contribution in [-0.4, -0.2) is 64.1 Å². The largest absolute Gasteiger partial charge is 0.329 e. The molecule has 1 aliphatic rings. The molecule has 0 saturated carbocycles. The molecule has 1 rings (SSSR count). The summed E-state index contributed by atoms with van der Waals surface area (Å²) >= 11 is 0. The zero-order chi connectivity index (χ0) is 12.2. The average Bonchev–Trinajstić information content (AvgIpc) is 2.21. The lowest BCUT2D eigenvalue weighted by atomic mass is 9.92. The predicted octanol–water partition coefficient (Wildman–Crippen LogP) is -0.956. The topological polar surface area (TPSA) is 75.4 Å². The van der Waals surface area contributed by atoms with Gasteiger partial charge in [0.15, 0.2) is 0 Å². The Bertz CT molecular complexity index is 300. The Morgan fingerprint density at radius 3 is 2.31 bits per heavy atom. The van der Waals surface area contributed by atoms with E-state index in [0.717, 1.165) is 13.1 Å². The van der Waals surface area contributed by atoms with Gasteiger partial charge in [-0.2, -0.15) is 0 Å². The van der Waals surface area contributed by atoms with Crippen molar-refractivity contribution in [3.05, 3.63) is 0 Å². The number of nitrogens with zero attached hydrogens (tertiary/aromatic N) is 1. The maximum Gasteiger partial charge on any atom is 0.150 e. The molecular weight excluding hydrogens is 226 g/mol. The van der Waals surface area contributed by atoms with Gasteiger partial charge < -0.3 is 16.0 Å². The van der Waals surface area contributed by atoms with E-state index in [1.54, 1.807) is 0 Å². The lowest BCUT2D eigenvalue weighted by molar-refractivity contribution is 0.283. The van der Waals surface area contributed by atoms with E-state index in [0.29, 0.717) is 19.4 Å². The smallest absolute Gasteiger partial charge is 0.150 e. The second-order valence-electron chi connectivity index (χ2n) is 4.87. The summed E-state index contributed by atoms with van der Waals surface area (Å²) in [6.45, 7) is 2.30. The van der Waals surface area contributed by atoms with Gasteiger partial charge in [-0.05, 0) is 26.9 Å². The first-order valence-electron chi connectivity index (χ1n) is 5.69. The quantitative estimate of drug-likeness (QED) is 0.657. The fourth-order valence-electron chi connectivity index (χ4n) is 1.93. The average molecular weight is 249 g/mol. The summed E-state index contributed by atoms with van der Waals surface area (Å²) in [5.74, 6) is 0.526. The van der Waals surface area contributed by atoms with E-state index < -0.39 is 9.84 Å². The molecule has 0 amide bonds. The van der Waals surface area contributed by atoms with Gasteiger partial charge in [-0.3, -0.25) is 0 Å². The van der Waals surface area contributed by atoms with Crippen LogP contribution < -0.4 is 11.1 Å². The van der Waals surface area contributed by atoms with E-state index in [9.17, 15) is 8.42 Å². The van der Waals surface area contributed by atoms with Crippen molar-refractivity contribution in [1.29, 1.82) is 0 Å².